The molecule has 0 radical (unpaired) electrons. The van der Waals surface area contributed by atoms with Gasteiger partial charge in [-0.15, -0.1) is 0 Å². The zero-order chi connectivity index (χ0) is 72.5. The van der Waals surface area contributed by atoms with Gasteiger partial charge in [-0.05, 0) is 148 Å². The van der Waals surface area contributed by atoms with Gasteiger partial charge >= 0.3 is 11.9 Å². The Morgan fingerprint density at radius 1 is 0.310 bits per heavy atom. The molecule has 9 nitrogen and oxygen atoms in total. The first-order chi connectivity index (χ1) is 49.0. The molecule has 0 aliphatic rings. The summed E-state index contributed by atoms with van der Waals surface area (Å²) in [7, 11) is 1.14. The lowest BCUT2D eigenvalue weighted by molar-refractivity contribution is -0.870. The number of rotatable bonds is 71. The fourth-order valence-electron chi connectivity index (χ4n) is 10.3. The Bertz CT molecular complexity index is 2450. The molecule has 0 heterocycles. The van der Waals surface area contributed by atoms with E-state index in [2.05, 4.69) is 220 Å². The third-order valence-electron chi connectivity index (χ3n) is 16.3. The number of hydrogen-bond acceptors (Lipinski definition) is 8. The minimum atomic E-state index is -4.66. The minimum Gasteiger partial charge on any atom is -0.756 e. The van der Waals surface area contributed by atoms with Gasteiger partial charge in [-0.1, -0.05) is 342 Å². The van der Waals surface area contributed by atoms with Crippen molar-refractivity contribution in [2.75, 3.05) is 47.5 Å². The van der Waals surface area contributed by atoms with E-state index >= 15 is 0 Å². The molecule has 10 heteroatoms. The zero-order valence-electron chi connectivity index (χ0n) is 64.3. The number of unbranched alkanes of at least 4 members (excludes halogenated alkanes) is 23. The maximum Gasteiger partial charge on any atom is 0.306 e. The first kappa shape index (κ1) is 94.6. The van der Waals surface area contributed by atoms with Crippen molar-refractivity contribution < 1.29 is 42.1 Å². The van der Waals surface area contributed by atoms with E-state index in [9.17, 15) is 19.0 Å². The second-order valence-electron chi connectivity index (χ2n) is 27.0. The van der Waals surface area contributed by atoms with Crippen LogP contribution in [0, 0.1) is 0 Å². The van der Waals surface area contributed by atoms with E-state index in [1.165, 1.54) is 103 Å². The van der Waals surface area contributed by atoms with E-state index in [4.69, 9.17) is 18.5 Å². The number of nitrogens with zero attached hydrogens (tertiary/aromatic N) is 1. The highest BCUT2D eigenvalue weighted by Gasteiger charge is 2.22. The predicted molar refractivity (Wildman–Crippen MR) is 433 cm³/mol. The average molecular weight is 1400 g/mol. The number of ether oxygens (including phenoxy) is 2. The molecule has 100 heavy (non-hydrogen) atoms. The van der Waals surface area contributed by atoms with Gasteiger partial charge in [0.1, 0.15) is 19.8 Å². The van der Waals surface area contributed by atoms with E-state index < -0.39 is 32.5 Å². The summed E-state index contributed by atoms with van der Waals surface area (Å²) in [5.74, 6) is -0.847. The second-order valence-corrected chi connectivity index (χ2v) is 28.4. The topological polar surface area (TPSA) is 111 Å². The van der Waals surface area contributed by atoms with Crippen LogP contribution in [0.1, 0.15) is 296 Å². The maximum atomic E-state index is 12.9. The summed E-state index contributed by atoms with van der Waals surface area (Å²) in [6, 6.07) is 0. The Balaban J connectivity index is 4.08. The minimum absolute atomic E-state index is 0.0410. The van der Waals surface area contributed by atoms with E-state index in [0.29, 0.717) is 17.4 Å². The molecule has 2 atom stereocenters. The largest absolute Gasteiger partial charge is 0.756 e. The highest BCUT2D eigenvalue weighted by atomic mass is 31.2. The van der Waals surface area contributed by atoms with Gasteiger partial charge in [0, 0.05) is 12.8 Å². The summed E-state index contributed by atoms with van der Waals surface area (Å²) < 4.78 is 34.4. The Hall–Kier alpha value is -5.41. The van der Waals surface area contributed by atoms with E-state index in [0.717, 1.165) is 161 Å². The molecular weight excluding hydrogens is 1250 g/mol. The number of likely N-dealkylation sites (N-methyl/N-ethyl adjacent to an activating group) is 1. The standard InChI is InChI=1S/C90H146NO8P/c1-6-8-10-12-14-16-18-20-22-24-26-28-30-32-34-36-38-40-42-43-44-45-46-47-49-51-53-55-57-59-61-63-65-67-69-71-73-75-77-79-81-83-90(93)99-88(87-98-100(94,95)97-85-84-91(3,4)5)86-96-89(92)82-80-78-76-74-72-70-68-66-64-62-60-58-56-54-52-50-48-41-39-37-35-33-31-29-27-25-23-21-19-17-15-13-11-9-7-2/h8-11,14-17,20-23,26-29,32-35,38-41,43-44,46-47,50-53,57,59,88H,6-7,12-13,18-19,24-25,30-31,36-37,42,45,48-49,54-56,58,60-87H2,1-5H3/b10-8-,11-9-,16-14-,17-15-,22-20-,23-21-,28-26-,29-27-,34-32-,35-33-,40-38-,41-39-,44-43-,47-46-,52-50-,53-51-,59-57-. The van der Waals surface area contributed by atoms with Gasteiger partial charge in [0.05, 0.1) is 27.7 Å². The number of phosphoric acid groups is 1. The van der Waals surface area contributed by atoms with Crippen LogP contribution in [0.15, 0.2) is 207 Å². The third kappa shape index (κ3) is 81.6. The van der Waals surface area contributed by atoms with Crippen LogP contribution >= 0.6 is 7.82 Å². The summed E-state index contributed by atoms with van der Waals surface area (Å²) in [4.78, 5) is 38.2. The first-order valence-electron chi connectivity index (χ1n) is 39.8. The quantitative estimate of drug-likeness (QED) is 0.0195. The fraction of sp³-hybridized carbons (Fsp3) is 0.600. The van der Waals surface area contributed by atoms with Crippen molar-refractivity contribution in [3.63, 3.8) is 0 Å². The lowest BCUT2D eigenvalue weighted by Gasteiger charge is -2.28. The Morgan fingerprint density at radius 3 is 0.800 bits per heavy atom. The molecule has 0 aromatic carbocycles. The van der Waals surface area contributed by atoms with Crippen molar-refractivity contribution in [2.24, 2.45) is 0 Å². The highest BCUT2D eigenvalue weighted by molar-refractivity contribution is 7.45. The smallest absolute Gasteiger partial charge is 0.306 e. The van der Waals surface area contributed by atoms with Gasteiger partial charge < -0.3 is 27.9 Å². The normalized spacial score (nSPS) is 14.2. The summed E-state index contributed by atoms with van der Waals surface area (Å²) in [5.41, 5.74) is 0. The van der Waals surface area contributed by atoms with Crippen LogP contribution in [-0.4, -0.2) is 70.0 Å². The molecule has 0 aliphatic carbocycles. The van der Waals surface area contributed by atoms with Gasteiger partial charge in [-0.3, -0.25) is 14.2 Å². The second kappa shape index (κ2) is 77.7. The lowest BCUT2D eigenvalue weighted by atomic mass is 10.0. The maximum absolute atomic E-state index is 12.9. The molecule has 0 fully saturated rings. The predicted octanol–water partition coefficient (Wildman–Crippen LogP) is 26.3. The highest BCUT2D eigenvalue weighted by Crippen LogP contribution is 2.38. The van der Waals surface area contributed by atoms with Crippen molar-refractivity contribution in [1.82, 2.24) is 0 Å². The van der Waals surface area contributed by atoms with Crippen molar-refractivity contribution in [2.45, 2.75) is 302 Å². The molecular formula is C90H146NO8P. The van der Waals surface area contributed by atoms with Crippen LogP contribution in [0.2, 0.25) is 0 Å². The molecule has 0 rings (SSSR count). The van der Waals surface area contributed by atoms with E-state index in [-0.39, 0.29) is 26.1 Å². The van der Waals surface area contributed by atoms with Gasteiger partial charge in [-0.25, -0.2) is 0 Å². The van der Waals surface area contributed by atoms with Gasteiger partial charge in [-0.2, -0.15) is 0 Å². The molecule has 0 N–H and O–H groups in total. The van der Waals surface area contributed by atoms with Crippen LogP contribution < -0.4 is 4.89 Å². The van der Waals surface area contributed by atoms with Crippen molar-refractivity contribution in [3.05, 3.63) is 207 Å². The van der Waals surface area contributed by atoms with Crippen LogP contribution in [0.3, 0.4) is 0 Å². The van der Waals surface area contributed by atoms with Crippen molar-refractivity contribution >= 4 is 19.8 Å². The molecule has 0 bridgehead atoms. The summed E-state index contributed by atoms with van der Waals surface area (Å²) in [5, 5.41) is 0. The molecule has 0 amide bonds. The number of allylic oxidation sites excluding steroid dienone is 34. The molecule has 0 aromatic rings. The summed E-state index contributed by atoms with van der Waals surface area (Å²) >= 11 is 0. The molecule has 2 unspecified atom stereocenters. The third-order valence-corrected chi connectivity index (χ3v) is 17.3. The van der Waals surface area contributed by atoms with Gasteiger partial charge in [0.2, 0.25) is 0 Å². The average Bonchev–Trinajstić information content (AvgIpc) is 1.30. The van der Waals surface area contributed by atoms with Gasteiger partial charge in [0.15, 0.2) is 6.10 Å². The van der Waals surface area contributed by atoms with Crippen LogP contribution in [0.4, 0.5) is 0 Å². The van der Waals surface area contributed by atoms with E-state index in [1.54, 1.807) is 0 Å². The monoisotopic (exact) mass is 1400 g/mol. The Morgan fingerprint density at radius 2 is 0.540 bits per heavy atom. The van der Waals surface area contributed by atoms with Crippen LogP contribution in [0.25, 0.3) is 0 Å². The first-order valence-corrected chi connectivity index (χ1v) is 41.3. The van der Waals surface area contributed by atoms with Crippen LogP contribution in [0.5, 0.6) is 0 Å². The zero-order valence-corrected chi connectivity index (χ0v) is 65.2. The number of hydrogen-bond donors (Lipinski definition) is 0. The SMILES string of the molecule is CC/C=C\C/C=C\C/C=C\C/C=C\C/C=C\C/C=C\C/C=C\C/C=C\C/C=C\C/C=C\CCCCCCCCCCCCC(=O)OC(COC(=O)CCCCCCCCCCCCCCC/C=C\C/C=C\C/C=C\C/C=C\C/C=C\C/C=C\C/C=C\CC)COP(=O)([O-])OCC[N+](C)(C)C. The Labute approximate surface area is 615 Å². The molecule has 0 aliphatic heterocycles. The number of phosphoric ester groups is 1. The molecule has 564 valence electrons. The fourth-order valence-corrected chi connectivity index (χ4v) is 11.0. The lowest BCUT2D eigenvalue weighted by Crippen LogP contribution is -2.37. The Kier molecular flexibility index (Phi) is 73.5. The van der Waals surface area contributed by atoms with E-state index in [1.807, 2.05) is 21.1 Å². The number of esters is 2. The summed E-state index contributed by atoms with van der Waals surface area (Å²) in [6.45, 7) is 4.00. The molecule has 0 spiro atoms. The summed E-state index contributed by atoms with van der Waals surface area (Å²) in [6.07, 6.45) is 122. The number of carbonyl (C=O) groups excluding carboxylic acids is 2. The van der Waals surface area contributed by atoms with Crippen molar-refractivity contribution in [3.8, 4) is 0 Å². The number of carbonyl (C=O) groups is 2. The molecule has 0 aromatic heterocycles. The van der Waals surface area contributed by atoms with Crippen molar-refractivity contribution in [1.29, 1.82) is 0 Å². The van der Waals surface area contributed by atoms with Crippen LogP contribution in [-0.2, 0) is 32.7 Å². The molecule has 0 saturated carbocycles. The molecule has 0 saturated heterocycles. The van der Waals surface area contributed by atoms with Gasteiger partial charge in [0.25, 0.3) is 7.82 Å². The number of quaternary nitrogens is 1.